The van der Waals surface area contributed by atoms with Crippen LogP contribution < -0.4 is 11.1 Å². The van der Waals surface area contributed by atoms with Crippen LogP contribution in [-0.2, 0) is 32.7 Å². The molecule has 3 aliphatic rings. The number of carbonyl (C=O) groups is 2. The fraction of sp³-hybridized carbons (Fsp3) is 0.591. The summed E-state index contributed by atoms with van der Waals surface area (Å²) in [5.41, 5.74) is 5.58. The van der Waals surface area contributed by atoms with E-state index in [2.05, 4.69) is 73.0 Å². The molecule has 3 rings (SSSR count). The van der Waals surface area contributed by atoms with Crippen molar-refractivity contribution in [3.8, 4) is 0 Å². The van der Waals surface area contributed by atoms with Crippen LogP contribution >= 0.6 is 10.3 Å². The molecule has 9 nitrogen and oxygen atoms in total. The van der Waals surface area contributed by atoms with Gasteiger partial charge < -0.3 is 34.2 Å². The van der Waals surface area contributed by atoms with Gasteiger partial charge in [0.25, 0.3) is 0 Å². The molecule has 0 amide bonds. The minimum absolute atomic E-state index is 0.0176. The lowest BCUT2D eigenvalue weighted by molar-refractivity contribution is -0.163. The van der Waals surface area contributed by atoms with Gasteiger partial charge in [0.15, 0.2) is 5.79 Å². The van der Waals surface area contributed by atoms with Crippen LogP contribution in [0.3, 0.4) is 0 Å². The van der Waals surface area contributed by atoms with Crippen molar-refractivity contribution in [3.63, 3.8) is 0 Å². The molecule has 0 aliphatic carbocycles. The zero-order valence-corrected chi connectivity index (χ0v) is 33.6. The molecule has 3 N–H and O–H groups in total. The molecule has 302 valence electrons. The third-order valence-electron chi connectivity index (χ3n) is 9.28. The van der Waals surface area contributed by atoms with Crippen LogP contribution in [0.25, 0.3) is 0 Å². The van der Waals surface area contributed by atoms with E-state index in [0.717, 1.165) is 62.5 Å². The summed E-state index contributed by atoms with van der Waals surface area (Å²) in [6, 6.07) is 0. The number of allylic oxidation sites excluding steroid dienone is 10. The lowest BCUT2D eigenvalue weighted by Gasteiger charge is -2.32. The predicted molar refractivity (Wildman–Crippen MR) is 223 cm³/mol. The Hall–Kier alpha value is -2.99. The van der Waals surface area contributed by atoms with E-state index in [9.17, 15) is 9.59 Å². The summed E-state index contributed by atoms with van der Waals surface area (Å²) in [4.78, 5) is 24.4. The van der Waals surface area contributed by atoms with Gasteiger partial charge in [-0.2, -0.15) is 0 Å². The fourth-order valence-corrected chi connectivity index (χ4v) is 9.63. The van der Waals surface area contributed by atoms with Gasteiger partial charge in [-0.05, 0) is 63.8 Å². The Balaban J connectivity index is 1.54. The Labute approximate surface area is 327 Å². The summed E-state index contributed by atoms with van der Waals surface area (Å²) >= 11 is 0. The maximum atomic E-state index is 12.2. The van der Waals surface area contributed by atoms with Gasteiger partial charge in [-0.3, -0.25) is 9.59 Å². The normalized spacial score (nSPS) is 34.1. The summed E-state index contributed by atoms with van der Waals surface area (Å²) in [5.74, 6) is 2.65. The van der Waals surface area contributed by atoms with Crippen molar-refractivity contribution < 1.29 is 32.7 Å². The molecule has 2 unspecified atom stereocenters. The van der Waals surface area contributed by atoms with Crippen molar-refractivity contribution in [2.75, 3.05) is 56.9 Å². The van der Waals surface area contributed by atoms with Crippen LogP contribution in [0.5, 0.6) is 0 Å². The molecule has 0 bridgehead atoms. The van der Waals surface area contributed by atoms with Crippen molar-refractivity contribution >= 4 is 22.2 Å². The van der Waals surface area contributed by atoms with Gasteiger partial charge in [0.05, 0.1) is 19.3 Å². The van der Waals surface area contributed by atoms with Gasteiger partial charge in [0.2, 0.25) is 0 Å². The van der Waals surface area contributed by atoms with E-state index in [1.165, 1.54) is 12.8 Å². The Morgan fingerprint density at radius 3 is 1.80 bits per heavy atom. The average molecular weight is 769 g/mol. The molecule has 0 radical (unpaired) electrons. The average Bonchev–Trinajstić information content (AvgIpc) is 3.76. The number of ether oxygens (including phenoxy) is 4. The van der Waals surface area contributed by atoms with Crippen molar-refractivity contribution in [2.24, 2.45) is 11.7 Å². The fourth-order valence-electron chi connectivity index (χ4n) is 6.36. The number of rotatable bonds is 6. The second-order valence-electron chi connectivity index (χ2n) is 13.9. The SMILES string of the molecule is CCCC1COS2(C/C=C/C/C=C/COC(=O)CC/C=C/C/C=C/CC3(C/C=C/C/C=C/CCC(=O)OC/C=C/C/C=C/C2)OCC(CCNCN)O3)C1. The molecule has 3 aliphatic heterocycles. The highest BCUT2D eigenvalue weighted by atomic mass is 32.3. The Morgan fingerprint density at radius 2 is 1.24 bits per heavy atom. The third-order valence-corrected chi connectivity index (χ3v) is 12.6. The van der Waals surface area contributed by atoms with Crippen LogP contribution in [0.15, 0.2) is 97.2 Å². The number of esters is 2. The van der Waals surface area contributed by atoms with Crippen LogP contribution in [0, 0.1) is 5.92 Å². The second kappa shape index (κ2) is 28.4. The zero-order valence-electron chi connectivity index (χ0n) is 32.8. The van der Waals surface area contributed by atoms with E-state index >= 15 is 0 Å². The van der Waals surface area contributed by atoms with Gasteiger partial charge in [-0.25, -0.2) is 0 Å². The summed E-state index contributed by atoms with van der Waals surface area (Å²) in [6.07, 6.45) is 43.1. The molecule has 0 aromatic rings. The van der Waals surface area contributed by atoms with Crippen molar-refractivity contribution in [1.82, 2.24) is 5.32 Å². The zero-order chi connectivity index (χ0) is 38.4. The molecule has 2 saturated heterocycles. The third kappa shape index (κ3) is 20.1. The highest BCUT2D eigenvalue weighted by Gasteiger charge is 2.39. The number of nitrogens with one attached hydrogen (secondary N) is 1. The van der Waals surface area contributed by atoms with Crippen LogP contribution in [0.2, 0.25) is 0 Å². The van der Waals surface area contributed by atoms with Gasteiger partial charge in [-0.15, -0.1) is 10.3 Å². The van der Waals surface area contributed by atoms with Gasteiger partial charge >= 0.3 is 11.9 Å². The molecule has 0 saturated carbocycles. The van der Waals surface area contributed by atoms with E-state index in [1.807, 2.05) is 36.5 Å². The number of carbonyl (C=O) groups excluding carboxylic acids is 2. The number of cyclic esters (lactones) is 2. The monoisotopic (exact) mass is 768 g/mol. The molecule has 2 atom stereocenters. The molecule has 0 aromatic heterocycles. The second-order valence-corrected chi connectivity index (χ2v) is 17.1. The van der Waals surface area contributed by atoms with Crippen molar-refractivity contribution in [2.45, 2.75) is 102 Å². The number of hydrogen-bond acceptors (Lipinski definition) is 9. The van der Waals surface area contributed by atoms with Gasteiger partial charge in [-0.1, -0.05) is 111 Å². The van der Waals surface area contributed by atoms with E-state index in [4.69, 9.17) is 28.9 Å². The summed E-state index contributed by atoms with van der Waals surface area (Å²) in [5, 5.41) is 3.15. The Kier molecular flexibility index (Phi) is 23.9. The van der Waals surface area contributed by atoms with Gasteiger partial charge in [0.1, 0.15) is 13.2 Å². The van der Waals surface area contributed by atoms with Crippen LogP contribution in [0.4, 0.5) is 0 Å². The lowest BCUT2D eigenvalue weighted by Crippen LogP contribution is -2.31. The van der Waals surface area contributed by atoms with Crippen molar-refractivity contribution in [3.05, 3.63) is 97.2 Å². The molecule has 2 spiro atoms. The topological polar surface area (TPSA) is 118 Å². The standard InChI is InChI=1S/C44H68N2O7S/c1-2-25-40-36-52-54(38-40)34-23-15-7-13-21-32-49-42(47)26-17-9-3-5-11-19-29-44(51-37-41(53-44)28-31-46-39-45)30-20-12-6-4-10-18-27-43(48)50-33-22-14-8-16-24-35-54/h3-4,9-16,19-24,40-41,46H,2,5-8,17-18,25-39,45H2,1H3/b9-3+,10-4+,19-11+,20-12+,21-13+,22-14+,23-15+,24-16+. The molecule has 2 fully saturated rings. The number of nitrogens with two attached hydrogens (primary N) is 1. The molecular formula is C44H68N2O7S. The Morgan fingerprint density at radius 1 is 0.704 bits per heavy atom. The van der Waals surface area contributed by atoms with Crippen molar-refractivity contribution in [1.29, 1.82) is 0 Å². The smallest absolute Gasteiger partial charge is 0.306 e. The highest BCUT2D eigenvalue weighted by molar-refractivity contribution is 8.30. The molecule has 0 aromatic carbocycles. The van der Waals surface area contributed by atoms with E-state index in [0.29, 0.717) is 70.9 Å². The summed E-state index contributed by atoms with van der Waals surface area (Å²) in [7, 11) is -1.19. The Bertz CT molecular complexity index is 1230. The maximum Gasteiger partial charge on any atom is 0.306 e. The summed E-state index contributed by atoms with van der Waals surface area (Å²) < 4.78 is 30.0. The minimum atomic E-state index is -1.19. The lowest BCUT2D eigenvalue weighted by atomic mass is 10.1. The first kappa shape index (κ1) is 45.4. The van der Waals surface area contributed by atoms with Crippen LogP contribution in [0.1, 0.15) is 90.4 Å². The maximum absolute atomic E-state index is 12.2. The molecule has 54 heavy (non-hydrogen) atoms. The van der Waals surface area contributed by atoms with Crippen LogP contribution in [-0.4, -0.2) is 80.7 Å². The highest BCUT2D eigenvalue weighted by Crippen LogP contribution is 2.56. The molecule has 3 heterocycles. The largest absolute Gasteiger partial charge is 0.461 e. The summed E-state index contributed by atoms with van der Waals surface area (Å²) in [6.45, 7) is 5.46. The molecular weight excluding hydrogens is 701 g/mol. The molecule has 10 heteroatoms. The first-order chi connectivity index (χ1) is 26.5. The number of hydrogen-bond donors (Lipinski definition) is 2. The van der Waals surface area contributed by atoms with E-state index in [1.54, 1.807) is 0 Å². The quantitative estimate of drug-likeness (QED) is 0.119. The van der Waals surface area contributed by atoms with Gasteiger partial charge in [0, 0.05) is 49.6 Å². The predicted octanol–water partition coefficient (Wildman–Crippen LogP) is 8.61. The first-order valence-corrected chi connectivity index (χ1v) is 22.2. The van der Waals surface area contributed by atoms with E-state index < -0.39 is 16.1 Å². The van der Waals surface area contributed by atoms with E-state index in [-0.39, 0.29) is 18.0 Å². The minimum Gasteiger partial charge on any atom is -0.461 e. The first-order valence-electron chi connectivity index (χ1n) is 20.1.